The van der Waals surface area contributed by atoms with E-state index in [9.17, 15) is 13.2 Å². The zero-order valence-electron chi connectivity index (χ0n) is 16.9. The number of pyridine rings is 1. The fourth-order valence-electron chi connectivity index (χ4n) is 3.87. The Balaban J connectivity index is 1.71. The first-order valence-corrected chi connectivity index (χ1v) is 11.5. The van der Waals surface area contributed by atoms with Crippen molar-refractivity contribution in [3.05, 3.63) is 60.3 Å². The van der Waals surface area contributed by atoms with Gasteiger partial charge in [0.1, 0.15) is 0 Å². The molecule has 2 heterocycles. The first-order chi connectivity index (χ1) is 14.4. The van der Waals surface area contributed by atoms with Crippen molar-refractivity contribution in [3.8, 4) is 17.0 Å². The van der Waals surface area contributed by atoms with Crippen molar-refractivity contribution in [2.24, 2.45) is 0 Å². The van der Waals surface area contributed by atoms with Crippen LogP contribution in [0.3, 0.4) is 0 Å². The SMILES string of the molecule is COc1ncccc1-c1ccc(C(=O)N2CCN(S(C)(=O)=O)CC2)c2ccccc12. The molecule has 2 aromatic carbocycles. The number of sulfonamides is 1. The molecule has 3 aromatic rings. The fraction of sp³-hybridized carbons (Fsp3) is 0.273. The number of nitrogens with zero attached hydrogens (tertiary/aromatic N) is 3. The summed E-state index contributed by atoms with van der Waals surface area (Å²) in [7, 11) is -1.65. The molecule has 1 amide bonds. The third-order valence-electron chi connectivity index (χ3n) is 5.40. The summed E-state index contributed by atoms with van der Waals surface area (Å²) in [4.78, 5) is 19.3. The smallest absolute Gasteiger partial charge is 0.254 e. The van der Waals surface area contributed by atoms with Crippen molar-refractivity contribution in [2.45, 2.75) is 0 Å². The molecule has 1 aromatic heterocycles. The summed E-state index contributed by atoms with van der Waals surface area (Å²) in [5, 5.41) is 1.78. The molecule has 1 aliphatic heterocycles. The number of methoxy groups -OCH3 is 1. The number of benzene rings is 2. The van der Waals surface area contributed by atoms with Gasteiger partial charge in [-0.15, -0.1) is 0 Å². The molecule has 0 bridgehead atoms. The van der Waals surface area contributed by atoms with E-state index in [-0.39, 0.29) is 5.91 Å². The molecule has 0 radical (unpaired) electrons. The Bertz CT molecular complexity index is 1200. The minimum absolute atomic E-state index is 0.0935. The largest absolute Gasteiger partial charge is 0.481 e. The van der Waals surface area contributed by atoms with Crippen LogP contribution in [0, 0.1) is 0 Å². The van der Waals surface area contributed by atoms with Gasteiger partial charge < -0.3 is 9.64 Å². The maximum absolute atomic E-state index is 13.3. The number of carbonyl (C=O) groups is 1. The molecule has 1 saturated heterocycles. The van der Waals surface area contributed by atoms with Gasteiger partial charge in [0, 0.05) is 43.5 Å². The van der Waals surface area contributed by atoms with Gasteiger partial charge in [-0.25, -0.2) is 13.4 Å². The number of amides is 1. The molecule has 0 spiro atoms. The average Bonchev–Trinajstić information content (AvgIpc) is 2.77. The Hall–Kier alpha value is -2.97. The van der Waals surface area contributed by atoms with E-state index in [0.29, 0.717) is 37.6 Å². The molecule has 1 aliphatic rings. The van der Waals surface area contributed by atoms with Crippen LogP contribution in [0.1, 0.15) is 10.4 Å². The summed E-state index contributed by atoms with van der Waals surface area (Å²) in [6.07, 6.45) is 2.88. The van der Waals surface area contributed by atoms with E-state index in [2.05, 4.69) is 4.98 Å². The Labute approximate surface area is 175 Å². The molecule has 0 saturated carbocycles. The summed E-state index contributed by atoms with van der Waals surface area (Å²) < 4.78 is 30.3. The van der Waals surface area contributed by atoms with Crippen LogP contribution in [-0.4, -0.2) is 68.1 Å². The number of hydrogen-bond donors (Lipinski definition) is 0. The van der Waals surface area contributed by atoms with Crippen molar-refractivity contribution in [3.63, 3.8) is 0 Å². The minimum Gasteiger partial charge on any atom is -0.481 e. The highest BCUT2D eigenvalue weighted by atomic mass is 32.2. The molecule has 1 fully saturated rings. The molecular formula is C22H23N3O4S. The first kappa shape index (κ1) is 20.3. The molecule has 7 nitrogen and oxygen atoms in total. The highest BCUT2D eigenvalue weighted by molar-refractivity contribution is 7.88. The van der Waals surface area contributed by atoms with Gasteiger partial charge in [-0.2, -0.15) is 4.31 Å². The number of hydrogen-bond acceptors (Lipinski definition) is 5. The van der Waals surface area contributed by atoms with E-state index in [4.69, 9.17) is 4.74 Å². The van der Waals surface area contributed by atoms with Crippen molar-refractivity contribution >= 4 is 26.7 Å². The maximum Gasteiger partial charge on any atom is 0.254 e. The van der Waals surface area contributed by atoms with Crippen LogP contribution in [0.5, 0.6) is 5.88 Å². The minimum atomic E-state index is -3.24. The molecule has 156 valence electrons. The predicted molar refractivity (Wildman–Crippen MR) is 116 cm³/mol. The summed E-state index contributed by atoms with van der Waals surface area (Å²) in [5.74, 6) is 0.433. The molecule has 0 atom stereocenters. The monoisotopic (exact) mass is 425 g/mol. The molecule has 30 heavy (non-hydrogen) atoms. The Morgan fingerprint density at radius 2 is 1.63 bits per heavy atom. The molecule has 0 unspecified atom stereocenters. The summed E-state index contributed by atoms with van der Waals surface area (Å²) in [6.45, 7) is 1.37. The van der Waals surface area contributed by atoms with Crippen molar-refractivity contribution in [1.29, 1.82) is 0 Å². The lowest BCUT2D eigenvalue weighted by molar-refractivity contribution is 0.0700. The molecule has 0 aliphatic carbocycles. The second-order valence-corrected chi connectivity index (χ2v) is 9.20. The van der Waals surface area contributed by atoms with Gasteiger partial charge in [0.2, 0.25) is 15.9 Å². The zero-order valence-corrected chi connectivity index (χ0v) is 17.7. The molecular weight excluding hydrogens is 402 g/mol. The highest BCUT2D eigenvalue weighted by Crippen LogP contribution is 2.35. The zero-order chi connectivity index (χ0) is 21.3. The Morgan fingerprint density at radius 3 is 2.30 bits per heavy atom. The van der Waals surface area contributed by atoms with E-state index < -0.39 is 10.0 Å². The van der Waals surface area contributed by atoms with Gasteiger partial charge in [-0.05, 0) is 34.5 Å². The maximum atomic E-state index is 13.3. The average molecular weight is 426 g/mol. The van der Waals surface area contributed by atoms with E-state index >= 15 is 0 Å². The number of aromatic nitrogens is 1. The topological polar surface area (TPSA) is 79.8 Å². The standard InChI is InChI=1S/C22H23N3O4S/c1-29-21-19(8-5-11-23-21)18-9-10-20(17-7-4-3-6-16(17)18)22(26)24-12-14-25(15-13-24)30(2,27)28/h3-11H,12-15H2,1-2H3. The van der Waals surface area contributed by atoms with Crippen LogP contribution < -0.4 is 4.74 Å². The van der Waals surface area contributed by atoms with Crippen LogP contribution >= 0.6 is 0 Å². The fourth-order valence-corrected chi connectivity index (χ4v) is 4.70. The number of carbonyl (C=O) groups excluding carboxylic acids is 1. The summed E-state index contributed by atoms with van der Waals surface area (Å²) in [6, 6.07) is 15.3. The predicted octanol–water partition coefficient (Wildman–Crippen LogP) is 2.63. The van der Waals surface area contributed by atoms with Gasteiger partial charge in [0.05, 0.1) is 13.4 Å². The van der Waals surface area contributed by atoms with Crippen molar-refractivity contribution in [1.82, 2.24) is 14.2 Å². The molecule has 0 N–H and O–H groups in total. The van der Waals surface area contributed by atoms with Gasteiger partial charge >= 0.3 is 0 Å². The first-order valence-electron chi connectivity index (χ1n) is 9.65. The summed E-state index contributed by atoms with van der Waals surface area (Å²) >= 11 is 0. The lowest BCUT2D eigenvalue weighted by Gasteiger charge is -2.33. The number of piperazine rings is 1. The normalized spacial score (nSPS) is 15.3. The van der Waals surface area contributed by atoms with Crippen molar-refractivity contribution in [2.75, 3.05) is 39.5 Å². The van der Waals surface area contributed by atoms with Gasteiger partial charge in [-0.3, -0.25) is 4.79 Å². The second kappa shape index (κ2) is 8.04. The lowest BCUT2D eigenvalue weighted by Crippen LogP contribution is -2.50. The quantitative estimate of drug-likeness (QED) is 0.642. The van der Waals surface area contributed by atoms with Crippen LogP contribution in [-0.2, 0) is 10.0 Å². The number of fused-ring (bicyclic) bond motifs is 1. The second-order valence-electron chi connectivity index (χ2n) is 7.22. The number of ether oxygens (including phenoxy) is 1. The van der Waals surface area contributed by atoms with Gasteiger partial charge in [-0.1, -0.05) is 30.3 Å². The van der Waals surface area contributed by atoms with Crippen LogP contribution in [0.25, 0.3) is 21.9 Å². The lowest BCUT2D eigenvalue weighted by atomic mass is 9.95. The van der Waals surface area contributed by atoms with Gasteiger partial charge in [0.25, 0.3) is 5.91 Å². The van der Waals surface area contributed by atoms with Crippen LogP contribution in [0.4, 0.5) is 0 Å². The van der Waals surface area contributed by atoms with E-state index in [1.54, 1.807) is 18.2 Å². The van der Waals surface area contributed by atoms with Crippen LogP contribution in [0.15, 0.2) is 54.7 Å². The van der Waals surface area contributed by atoms with Crippen LogP contribution in [0.2, 0.25) is 0 Å². The van der Waals surface area contributed by atoms with E-state index in [0.717, 1.165) is 21.9 Å². The molecule has 8 heteroatoms. The van der Waals surface area contributed by atoms with Crippen molar-refractivity contribution < 1.29 is 17.9 Å². The van der Waals surface area contributed by atoms with Gasteiger partial charge in [0.15, 0.2) is 0 Å². The Morgan fingerprint density at radius 1 is 0.933 bits per heavy atom. The third-order valence-corrected chi connectivity index (χ3v) is 6.71. The Kier molecular flexibility index (Phi) is 5.44. The number of rotatable bonds is 4. The highest BCUT2D eigenvalue weighted by Gasteiger charge is 2.27. The van der Waals surface area contributed by atoms with E-state index in [1.165, 1.54) is 10.6 Å². The van der Waals surface area contributed by atoms with E-state index in [1.807, 2.05) is 48.5 Å². The third kappa shape index (κ3) is 3.76. The summed E-state index contributed by atoms with van der Waals surface area (Å²) in [5.41, 5.74) is 2.40. The molecule has 4 rings (SSSR count).